The fraction of sp³-hybridized carbons (Fsp3) is 0.930. The van der Waals surface area contributed by atoms with Gasteiger partial charge < -0.3 is 157 Å². The van der Waals surface area contributed by atoms with Gasteiger partial charge in [0, 0.05) is 28.1 Å². The number of carbonyl (C=O) groups is 3. The molecule has 3 saturated carbocycles. The summed E-state index contributed by atoms with van der Waals surface area (Å²) in [7, 11) is 2.36. The largest absolute Gasteiger partial charge is 0.462 e. The molecule has 39 atom stereocenters. The Morgan fingerprint density at radius 2 is 1.04 bits per heavy atom. The summed E-state index contributed by atoms with van der Waals surface area (Å²) < 4.78 is 103. The van der Waals surface area contributed by atoms with Crippen LogP contribution < -0.4 is 0 Å². The first-order valence-electron chi connectivity index (χ1n) is 37.0. The van der Waals surface area contributed by atoms with Crippen molar-refractivity contribution in [2.75, 3.05) is 47.3 Å². The molecule has 7 aliphatic heterocycles. The van der Waals surface area contributed by atoms with Crippen LogP contribution in [0.1, 0.15) is 121 Å². The standard InChI is InChI=1S/C71H114O35/c1-27(2)13-16-41(95-30(5)77)70(10)59-33(94-29(4)76)21-69(9)32-14-15-39-67(6,7)40(18-19-68(39,8)31(32)17-20-71(59,69)66(89)106-70)101-65-58(45(81)38(26-92-65)100-61-49(85)47(83)54(37(25-75)99-61)103-62-50(86)55(90-11)42(78)34(22-72)96-62)105-60-48(84)46(82)53(28(3)93-60)102-64-52(88)57(44(80)36(24-74)98-64)104-63-51(87)56(91-12)43(79)35(23-73)97-63/h17,27-28,32-65,72-75,78-88H,13-16,18-26H2,1-12H3. The van der Waals surface area contributed by atoms with Crippen LogP contribution in [0, 0.1) is 45.3 Å². The number of hydrogen-bond donors (Lipinski definition) is 15. The van der Waals surface area contributed by atoms with E-state index in [4.69, 9.17) is 80.5 Å². The molecule has 11 rings (SSSR count). The molecule has 35 heteroatoms. The van der Waals surface area contributed by atoms with Gasteiger partial charge in [-0.2, -0.15) is 0 Å². The van der Waals surface area contributed by atoms with Crippen molar-refractivity contribution in [1.82, 2.24) is 0 Å². The predicted octanol–water partition coefficient (Wildman–Crippen LogP) is -3.92. The van der Waals surface area contributed by atoms with E-state index in [0.717, 1.165) is 5.57 Å². The zero-order valence-electron chi connectivity index (χ0n) is 61.9. The number of allylic oxidation sites excluding steroid dienone is 2. The van der Waals surface area contributed by atoms with Gasteiger partial charge in [-0.15, -0.1) is 0 Å². The summed E-state index contributed by atoms with van der Waals surface area (Å²) in [5, 5.41) is 168. The van der Waals surface area contributed by atoms with Gasteiger partial charge >= 0.3 is 17.9 Å². The molecule has 106 heavy (non-hydrogen) atoms. The molecule has 11 aliphatic rings. The highest BCUT2D eigenvalue weighted by molar-refractivity contribution is 5.84. The number of cyclic esters (lactones) is 1. The summed E-state index contributed by atoms with van der Waals surface area (Å²) in [6, 6.07) is 0. The second-order valence-corrected chi connectivity index (χ2v) is 32.5. The highest BCUT2D eigenvalue weighted by Crippen LogP contribution is 2.77. The molecule has 7 saturated heterocycles. The fourth-order valence-corrected chi connectivity index (χ4v) is 20.0. The Labute approximate surface area is 614 Å². The molecule has 15 N–H and O–H groups in total. The summed E-state index contributed by atoms with van der Waals surface area (Å²) >= 11 is 0. The van der Waals surface area contributed by atoms with Gasteiger partial charge in [0.25, 0.3) is 0 Å². The Balaban J connectivity index is 0.844. The number of hydrogen-bond acceptors (Lipinski definition) is 35. The molecular weight excluding hydrogens is 1410 g/mol. The Hall–Kier alpha value is -3.01. The predicted molar refractivity (Wildman–Crippen MR) is 352 cm³/mol. The van der Waals surface area contributed by atoms with E-state index in [9.17, 15) is 86.2 Å². The zero-order valence-corrected chi connectivity index (χ0v) is 61.9. The zero-order chi connectivity index (χ0) is 77.5. The molecule has 4 aliphatic carbocycles. The van der Waals surface area contributed by atoms with Crippen molar-refractivity contribution in [3.63, 3.8) is 0 Å². The Morgan fingerprint density at radius 1 is 0.538 bits per heavy atom. The molecule has 608 valence electrons. The topological polar surface area (TPSA) is 512 Å². The van der Waals surface area contributed by atoms with Crippen LogP contribution in [-0.4, -0.2) is 344 Å². The van der Waals surface area contributed by atoms with Gasteiger partial charge in [0.2, 0.25) is 0 Å². The summed E-state index contributed by atoms with van der Waals surface area (Å²) in [6.45, 7) is 14.6. The summed E-state index contributed by atoms with van der Waals surface area (Å²) in [5.74, 6) is -2.23. The number of esters is 3. The summed E-state index contributed by atoms with van der Waals surface area (Å²) in [6.07, 6.45) is -45.8. The Kier molecular flexibility index (Phi) is 26.0. The lowest BCUT2D eigenvalue weighted by Crippen LogP contribution is -2.67. The van der Waals surface area contributed by atoms with Gasteiger partial charge in [-0.05, 0) is 99.2 Å². The molecule has 0 aromatic carbocycles. The maximum absolute atomic E-state index is 15.2. The molecule has 0 bridgehead atoms. The third kappa shape index (κ3) is 14.8. The lowest BCUT2D eigenvalue weighted by Gasteiger charge is -2.63. The Morgan fingerprint density at radius 3 is 1.58 bits per heavy atom. The highest BCUT2D eigenvalue weighted by Gasteiger charge is 2.81. The van der Waals surface area contributed by atoms with Crippen molar-refractivity contribution in [2.45, 2.75) is 323 Å². The Bertz CT molecular complexity index is 3020. The van der Waals surface area contributed by atoms with Gasteiger partial charge in [0.15, 0.2) is 43.3 Å². The monoisotopic (exact) mass is 1530 g/mol. The van der Waals surface area contributed by atoms with E-state index in [1.54, 1.807) is 0 Å². The van der Waals surface area contributed by atoms with Crippen LogP contribution in [0.25, 0.3) is 0 Å². The number of rotatable bonds is 24. The molecular formula is C71H114O35. The normalized spacial score (nSPS) is 50.4. The highest BCUT2D eigenvalue weighted by atomic mass is 16.8. The molecule has 35 nitrogen and oxygen atoms in total. The summed E-state index contributed by atoms with van der Waals surface area (Å²) in [5.41, 5.74) is -3.43. The molecule has 0 aromatic heterocycles. The molecule has 0 radical (unpaired) electrons. The number of ether oxygens (including phenoxy) is 17. The molecule has 1 spiro atoms. The second-order valence-electron chi connectivity index (χ2n) is 32.5. The van der Waals surface area contributed by atoms with Crippen molar-refractivity contribution in [3.05, 3.63) is 11.6 Å². The number of aliphatic hydroxyl groups excluding tert-OH is 15. The van der Waals surface area contributed by atoms with Crippen LogP contribution >= 0.6 is 0 Å². The van der Waals surface area contributed by atoms with Gasteiger partial charge in [-0.1, -0.05) is 53.2 Å². The maximum atomic E-state index is 15.2. The number of carbonyl (C=O) groups excluding carboxylic acids is 3. The van der Waals surface area contributed by atoms with Gasteiger partial charge in [0.1, 0.15) is 146 Å². The number of fused-ring (bicyclic) bond motifs is 4. The first-order valence-corrected chi connectivity index (χ1v) is 37.0. The first-order chi connectivity index (χ1) is 50.0. The van der Waals surface area contributed by atoms with Crippen LogP contribution in [0.4, 0.5) is 0 Å². The quantitative estimate of drug-likeness (QED) is 0.0190. The van der Waals surface area contributed by atoms with E-state index >= 15 is 4.79 Å². The van der Waals surface area contributed by atoms with Crippen LogP contribution in [-0.2, 0) is 94.9 Å². The molecule has 0 amide bonds. The lowest BCUT2D eigenvalue weighted by molar-refractivity contribution is -0.397. The van der Waals surface area contributed by atoms with Gasteiger partial charge in [-0.25, -0.2) is 0 Å². The van der Waals surface area contributed by atoms with E-state index in [1.807, 2.05) is 6.92 Å². The average molecular weight is 1530 g/mol. The summed E-state index contributed by atoms with van der Waals surface area (Å²) in [4.78, 5) is 41.1. The fourth-order valence-electron chi connectivity index (χ4n) is 20.0. The first kappa shape index (κ1) is 83.9. The van der Waals surface area contributed by atoms with E-state index < -0.39 is 281 Å². The number of aliphatic hydroxyl groups is 15. The minimum absolute atomic E-state index is 0.126. The van der Waals surface area contributed by atoms with Crippen LogP contribution in [0.3, 0.4) is 0 Å². The number of methoxy groups -OCH3 is 2. The van der Waals surface area contributed by atoms with Crippen molar-refractivity contribution in [3.8, 4) is 0 Å². The van der Waals surface area contributed by atoms with Crippen molar-refractivity contribution in [1.29, 1.82) is 0 Å². The van der Waals surface area contributed by atoms with Gasteiger partial charge in [0.05, 0.1) is 56.6 Å². The van der Waals surface area contributed by atoms with Crippen molar-refractivity contribution >= 4 is 17.9 Å². The van der Waals surface area contributed by atoms with Crippen molar-refractivity contribution < 1.29 is 172 Å². The SMILES string of the molecule is COC1C(O)C(CO)OC(OC2C(CO)OC(OC3COC(OC4CCC5(C)C6=CCC78C(=O)OC(C)(C(CCC(C)C)OC(C)=O)C7C(OC(C)=O)CC8(C)C6CCC5C4(C)C)C(OC4OC(C)C(OC5OC(CO)C(O)C(OC6OC(CO)C(O)C(OC)C6O)C5O)C(O)C4O)C3O)C(O)C2O)C1O. The third-order valence-electron chi connectivity index (χ3n) is 25.5. The van der Waals surface area contributed by atoms with E-state index in [-0.39, 0.29) is 24.2 Å². The molecule has 0 aromatic rings. The van der Waals surface area contributed by atoms with Crippen LogP contribution in [0.15, 0.2) is 11.6 Å². The molecule has 39 unspecified atom stereocenters. The van der Waals surface area contributed by atoms with E-state index in [0.29, 0.717) is 44.9 Å². The third-order valence-corrected chi connectivity index (χ3v) is 25.5. The maximum Gasteiger partial charge on any atom is 0.314 e. The smallest absolute Gasteiger partial charge is 0.314 e. The lowest BCUT2D eigenvalue weighted by atomic mass is 9.41. The molecule has 10 fully saturated rings. The second kappa shape index (κ2) is 32.8. The van der Waals surface area contributed by atoms with E-state index in [1.165, 1.54) is 35.0 Å². The minimum Gasteiger partial charge on any atom is -0.462 e. The van der Waals surface area contributed by atoms with Crippen LogP contribution in [0.5, 0.6) is 0 Å². The van der Waals surface area contributed by atoms with E-state index in [2.05, 4.69) is 47.6 Å². The van der Waals surface area contributed by atoms with Crippen molar-refractivity contribution in [2.24, 2.45) is 45.3 Å². The van der Waals surface area contributed by atoms with Crippen LogP contribution in [0.2, 0.25) is 0 Å². The molecule has 7 heterocycles. The minimum atomic E-state index is -2.10. The van der Waals surface area contributed by atoms with Gasteiger partial charge in [-0.3, -0.25) is 14.4 Å². The average Bonchev–Trinajstić information content (AvgIpc) is 1.48.